The molecule has 3 nitrogen and oxygen atoms in total. The molecule has 1 aromatic rings. The van der Waals surface area contributed by atoms with E-state index in [1.807, 2.05) is 0 Å². The van der Waals surface area contributed by atoms with Gasteiger partial charge in [-0.05, 0) is 19.3 Å². The Labute approximate surface area is 90.7 Å². The number of rotatable bonds is 3. The fraction of sp³-hybridized carbons (Fsp3) is 0.700. The average Bonchev–Trinajstić information content (AvgIpc) is 2.46. The summed E-state index contributed by atoms with van der Waals surface area (Å²) in [5.74, 6) is 0.158. The second-order valence-electron chi connectivity index (χ2n) is 4.06. The normalized spacial score (nSPS) is 17.5. The molecule has 1 aromatic heterocycles. The van der Waals surface area contributed by atoms with Gasteiger partial charge in [0.25, 0.3) is 0 Å². The third-order valence-electron chi connectivity index (χ3n) is 3.04. The Bertz CT molecular complexity index is 369. The van der Waals surface area contributed by atoms with Crippen molar-refractivity contribution in [2.24, 2.45) is 0 Å². The Kier molecular flexibility index (Phi) is 2.92. The van der Waals surface area contributed by atoms with Gasteiger partial charge < -0.3 is 5.11 Å². The SMILES string of the molecule is OCCc1c(C(F)(F)F)n[nH]c1C1CCC1. The lowest BCUT2D eigenvalue weighted by Crippen LogP contribution is -2.14. The van der Waals surface area contributed by atoms with Crippen molar-refractivity contribution >= 4 is 0 Å². The van der Waals surface area contributed by atoms with E-state index < -0.39 is 11.9 Å². The summed E-state index contributed by atoms with van der Waals surface area (Å²) >= 11 is 0. The van der Waals surface area contributed by atoms with Crippen molar-refractivity contribution in [3.63, 3.8) is 0 Å². The van der Waals surface area contributed by atoms with E-state index in [1.165, 1.54) is 0 Å². The number of aromatic amines is 1. The Balaban J connectivity index is 2.34. The Morgan fingerprint density at radius 1 is 1.38 bits per heavy atom. The van der Waals surface area contributed by atoms with Crippen LogP contribution in [0, 0.1) is 0 Å². The minimum absolute atomic E-state index is 0.0111. The topological polar surface area (TPSA) is 48.9 Å². The summed E-state index contributed by atoms with van der Waals surface area (Å²) in [6, 6.07) is 0. The van der Waals surface area contributed by atoms with Crippen molar-refractivity contribution in [3.8, 4) is 0 Å². The highest BCUT2D eigenvalue weighted by Gasteiger charge is 2.39. The maximum Gasteiger partial charge on any atom is 0.435 e. The number of alkyl halides is 3. The first-order chi connectivity index (χ1) is 7.54. The molecule has 0 spiro atoms. The zero-order chi connectivity index (χ0) is 11.8. The molecule has 1 aliphatic carbocycles. The van der Waals surface area contributed by atoms with Crippen LogP contribution in [0.5, 0.6) is 0 Å². The van der Waals surface area contributed by atoms with Crippen LogP contribution in [-0.2, 0) is 12.6 Å². The summed E-state index contributed by atoms with van der Waals surface area (Å²) in [6.45, 7) is -0.289. The molecule has 2 rings (SSSR count). The third kappa shape index (κ3) is 1.93. The van der Waals surface area contributed by atoms with Gasteiger partial charge >= 0.3 is 6.18 Å². The highest BCUT2D eigenvalue weighted by molar-refractivity contribution is 5.31. The van der Waals surface area contributed by atoms with Gasteiger partial charge in [-0.15, -0.1) is 0 Å². The molecular weight excluding hydrogens is 221 g/mol. The first kappa shape index (κ1) is 11.4. The van der Waals surface area contributed by atoms with Crippen molar-refractivity contribution in [3.05, 3.63) is 17.0 Å². The number of nitrogens with one attached hydrogen (secondary N) is 1. The molecule has 1 fully saturated rings. The molecule has 1 saturated carbocycles. The van der Waals surface area contributed by atoms with Crippen LogP contribution in [0.15, 0.2) is 0 Å². The van der Waals surface area contributed by atoms with Gasteiger partial charge in [0.1, 0.15) is 0 Å². The van der Waals surface area contributed by atoms with E-state index in [2.05, 4.69) is 10.2 Å². The zero-order valence-corrected chi connectivity index (χ0v) is 8.64. The fourth-order valence-corrected chi connectivity index (χ4v) is 2.01. The van der Waals surface area contributed by atoms with Crippen molar-refractivity contribution in [2.45, 2.75) is 37.8 Å². The molecular formula is C10H13F3N2O. The zero-order valence-electron chi connectivity index (χ0n) is 8.64. The molecule has 16 heavy (non-hydrogen) atoms. The second kappa shape index (κ2) is 4.08. The predicted octanol–water partition coefficient (Wildman–Crippen LogP) is 2.23. The van der Waals surface area contributed by atoms with Gasteiger partial charge in [-0.1, -0.05) is 6.42 Å². The number of hydrogen-bond acceptors (Lipinski definition) is 2. The van der Waals surface area contributed by atoms with Crippen LogP contribution in [0.1, 0.15) is 42.1 Å². The maximum atomic E-state index is 12.6. The summed E-state index contributed by atoms with van der Waals surface area (Å²) in [7, 11) is 0. The summed E-state index contributed by atoms with van der Waals surface area (Å²) in [4.78, 5) is 0. The van der Waals surface area contributed by atoms with Crippen LogP contribution in [0.4, 0.5) is 13.2 Å². The third-order valence-corrected chi connectivity index (χ3v) is 3.04. The molecule has 0 saturated heterocycles. The predicted molar refractivity (Wildman–Crippen MR) is 51.0 cm³/mol. The van der Waals surface area contributed by atoms with Crippen molar-refractivity contribution in [1.82, 2.24) is 10.2 Å². The number of halogens is 3. The molecule has 0 aromatic carbocycles. The molecule has 0 bridgehead atoms. The first-order valence-electron chi connectivity index (χ1n) is 5.29. The average molecular weight is 234 g/mol. The molecule has 0 amide bonds. The van der Waals surface area contributed by atoms with E-state index in [9.17, 15) is 13.2 Å². The van der Waals surface area contributed by atoms with E-state index in [-0.39, 0.29) is 24.5 Å². The van der Waals surface area contributed by atoms with E-state index in [0.717, 1.165) is 19.3 Å². The largest absolute Gasteiger partial charge is 0.435 e. The van der Waals surface area contributed by atoms with Crippen LogP contribution in [0.3, 0.4) is 0 Å². The van der Waals surface area contributed by atoms with Crippen molar-refractivity contribution < 1.29 is 18.3 Å². The lowest BCUT2D eigenvalue weighted by Gasteiger charge is -2.25. The van der Waals surface area contributed by atoms with Crippen molar-refractivity contribution in [1.29, 1.82) is 0 Å². The van der Waals surface area contributed by atoms with E-state index in [1.54, 1.807) is 0 Å². The molecule has 0 radical (unpaired) electrons. The van der Waals surface area contributed by atoms with E-state index >= 15 is 0 Å². The van der Waals surface area contributed by atoms with E-state index in [0.29, 0.717) is 5.69 Å². The van der Waals surface area contributed by atoms with Gasteiger partial charge in [0.05, 0.1) is 0 Å². The van der Waals surface area contributed by atoms with Gasteiger partial charge in [0.15, 0.2) is 5.69 Å². The number of H-pyrrole nitrogens is 1. The summed E-state index contributed by atoms with van der Waals surface area (Å²) in [6.07, 6.45) is -1.58. The van der Waals surface area contributed by atoms with Crippen LogP contribution in [-0.4, -0.2) is 21.9 Å². The summed E-state index contributed by atoms with van der Waals surface area (Å²) in [5.41, 5.74) is -0.171. The maximum absolute atomic E-state index is 12.6. The quantitative estimate of drug-likeness (QED) is 0.842. The molecule has 0 atom stereocenters. The minimum atomic E-state index is -4.44. The Morgan fingerprint density at radius 3 is 2.50 bits per heavy atom. The van der Waals surface area contributed by atoms with Gasteiger partial charge in [-0.25, -0.2) is 0 Å². The fourth-order valence-electron chi connectivity index (χ4n) is 2.01. The highest BCUT2D eigenvalue weighted by Crippen LogP contribution is 2.40. The van der Waals surface area contributed by atoms with E-state index in [4.69, 9.17) is 5.11 Å². The number of aromatic nitrogens is 2. The van der Waals surface area contributed by atoms with Gasteiger partial charge in [0, 0.05) is 23.8 Å². The van der Waals surface area contributed by atoms with Gasteiger partial charge in [-0.3, -0.25) is 5.10 Å². The summed E-state index contributed by atoms with van der Waals surface area (Å²) < 4.78 is 37.8. The molecule has 1 heterocycles. The van der Waals surface area contributed by atoms with Gasteiger partial charge in [0.2, 0.25) is 0 Å². The lowest BCUT2D eigenvalue weighted by molar-refractivity contribution is -0.141. The lowest BCUT2D eigenvalue weighted by atomic mass is 9.81. The highest BCUT2D eigenvalue weighted by atomic mass is 19.4. The van der Waals surface area contributed by atoms with Crippen LogP contribution >= 0.6 is 0 Å². The molecule has 1 aliphatic rings. The van der Waals surface area contributed by atoms with Gasteiger partial charge in [-0.2, -0.15) is 18.3 Å². The molecule has 90 valence electrons. The molecule has 0 aliphatic heterocycles. The Hall–Kier alpha value is -1.04. The number of nitrogens with zero attached hydrogens (tertiary/aromatic N) is 1. The first-order valence-corrected chi connectivity index (χ1v) is 5.29. The summed E-state index contributed by atoms with van der Waals surface area (Å²) in [5, 5.41) is 14.7. The number of aliphatic hydroxyl groups excluding tert-OH is 1. The van der Waals surface area contributed by atoms with Crippen molar-refractivity contribution in [2.75, 3.05) is 6.61 Å². The minimum Gasteiger partial charge on any atom is -0.396 e. The van der Waals surface area contributed by atoms with Crippen LogP contribution in [0.25, 0.3) is 0 Å². The molecule has 6 heteroatoms. The monoisotopic (exact) mass is 234 g/mol. The molecule has 2 N–H and O–H groups in total. The smallest absolute Gasteiger partial charge is 0.396 e. The number of hydrogen-bond donors (Lipinski definition) is 2. The second-order valence-corrected chi connectivity index (χ2v) is 4.06. The molecule has 0 unspecified atom stereocenters. The standard InChI is InChI=1S/C10H13F3N2O/c11-10(12,13)9-7(4-5-16)8(14-15-9)6-2-1-3-6/h6,16H,1-5H2,(H,14,15). The number of aliphatic hydroxyl groups is 1. The Morgan fingerprint density at radius 2 is 2.06 bits per heavy atom. The van der Waals surface area contributed by atoms with Crippen LogP contribution < -0.4 is 0 Å². The van der Waals surface area contributed by atoms with Crippen LogP contribution in [0.2, 0.25) is 0 Å².